The highest BCUT2D eigenvalue weighted by Crippen LogP contribution is 2.49. The molecular weight excluding hydrogens is 372 g/mol. The quantitative estimate of drug-likeness (QED) is 0.373. The molecule has 1 aliphatic carbocycles. The molecular formula is C27H24O3. The van der Waals surface area contributed by atoms with E-state index in [2.05, 4.69) is 44.2 Å². The number of fused-ring (bicyclic) bond motifs is 4. The van der Waals surface area contributed by atoms with Gasteiger partial charge >= 0.3 is 0 Å². The second-order valence-corrected chi connectivity index (χ2v) is 8.01. The van der Waals surface area contributed by atoms with Gasteiger partial charge in [-0.15, -0.1) is 0 Å². The summed E-state index contributed by atoms with van der Waals surface area (Å²) >= 11 is 0. The standard InChI is InChI=1S/C27H24O3/c1-4-18-22(21-11-15(2)10-16-12-17(30-3)8-9-19(16)21)13-23-20-6-5-7-26(28)24(20)14-25(23)27(18)29/h5-13,28-29H,4,14H2,1-3H3. The van der Waals surface area contributed by atoms with Gasteiger partial charge in [-0.05, 0) is 76.2 Å². The Labute approximate surface area is 176 Å². The van der Waals surface area contributed by atoms with Gasteiger partial charge in [0.2, 0.25) is 0 Å². The highest BCUT2D eigenvalue weighted by molar-refractivity contribution is 6.00. The van der Waals surface area contributed by atoms with Crippen molar-refractivity contribution in [1.29, 1.82) is 0 Å². The first kappa shape index (κ1) is 18.6. The molecule has 0 spiro atoms. The zero-order valence-corrected chi connectivity index (χ0v) is 17.4. The zero-order chi connectivity index (χ0) is 21.0. The van der Waals surface area contributed by atoms with E-state index in [0.717, 1.165) is 67.5 Å². The van der Waals surface area contributed by atoms with Crippen LogP contribution in [-0.2, 0) is 12.8 Å². The SMILES string of the molecule is CCc1c(-c2cc(C)cc3cc(OC)ccc23)cc2c(c1O)Cc1c(O)cccc1-2. The summed E-state index contributed by atoms with van der Waals surface area (Å²) in [6, 6.07) is 18.3. The molecule has 0 unspecified atom stereocenters. The summed E-state index contributed by atoms with van der Waals surface area (Å²) in [6.45, 7) is 4.17. The van der Waals surface area contributed by atoms with Crippen molar-refractivity contribution < 1.29 is 14.9 Å². The molecule has 150 valence electrons. The first-order valence-corrected chi connectivity index (χ1v) is 10.3. The molecule has 0 aliphatic heterocycles. The molecule has 0 atom stereocenters. The van der Waals surface area contributed by atoms with E-state index in [1.54, 1.807) is 13.2 Å². The molecule has 0 radical (unpaired) electrons. The maximum atomic E-state index is 11.2. The molecule has 0 saturated carbocycles. The molecule has 0 fully saturated rings. The normalized spacial score (nSPS) is 12.1. The van der Waals surface area contributed by atoms with Crippen LogP contribution in [0.15, 0.2) is 54.6 Å². The number of benzene rings is 4. The first-order valence-electron chi connectivity index (χ1n) is 10.3. The molecule has 5 rings (SSSR count). The van der Waals surface area contributed by atoms with Crippen LogP contribution in [0.25, 0.3) is 33.0 Å². The summed E-state index contributed by atoms with van der Waals surface area (Å²) in [5.74, 6) is 1.47. The van der Waals surface area contributed by atoms with E-state index in [9.17, 15) is 10.2 Å². The summed E-state index contributed by atoms with van der Waals surface area (Å²) in [6.07, 6.45) is 1.28. The van der Waals surface area contributed by atoms with Crippen molar-refractivity contribution >= 4 is 10.8 Å². The Morgan fingerprint density at radius 3 is 2.47 bits per heavy atom. The van der Waals surface area contributed by atoms with Crippen LogP contribution >= 0.6 is 0 Å². The summed E-state index contributed by atoms with van der Waals surface area (Å²) in [4.78, 5) is 0. The minimum atomic E-state index is 0.288. The van der Waals surface area contributed by atoms with Crippen LogP contribution in [0, 0.1) is 6.92 Å². The maximum Gasteiger partial charge on any atom is 0.123 e. The number of phenolic OH excluding ortho intramolecular Hbond substituents is 2. The Hall–Kier alpha value is -3.46. The largest absolute Gasteiger partial charge is 0.508 e. The van der Waals surface area contributed by atoms with Crippen LogP contribution in [0.1, 0.15) is 29.2 Å². The summed E-state index contributed by atoms with van der Waals surface area (Å²) in [5.41, 5.74) is 8.07. The fourth-order valence-electron chi connectivity index (χ4n) is 4.81. The lowest BCUT2D eigenvalue weighted by atomic mass is 9.88. The van der Waals surface area contributed by atoms with Gasteiger partial charge in [0.25, 0.3) is 0 Å². The fraction of sp³-hybridized carbons (Fsp3) is 0.185. The fourth-order valence-corrected chi connectivity index (χ4v) is 4.81. The Morgan fingerprint density at radius 1 is 0.867 bits per heavy atom. The number of methoxy groups -OCH3 is 1. The molecule has 0 amide bonds. The van der Waals surface area contributed by atoms with Crippen molar-refractivity contribution in [3.8, 4) is 39.5 Å². The monoisotopic (exact) mass is 396 g/mol. The van der Waals surface area contributed by atoms with Gasteiger partial charge in [-0.2, -0.15) is 0 Å². The Balaban J connectivity index is 1.83. The molecule has 4 aromatic rings. The number of hydrogen-bond donors (Lipinski definition) is 2. The molecule has 3 heteroatoms. The molecule has 0 bridgehead atoms. The molecule has 0 aromatic heterocycles. The number of aryl methyl sites for hydroxylation is 1. The number of hydrogen-bond acceptors (Lipinski definition) is 3. The van der Waals surface area contributed by atoms with E-state index >= 15 is 0 Å². The molecule has 0 heterocycles. The number of ether oxygens (including phenoxy) is 1. The van der Waals surface area contributed by atoms with Crippen LogP contribution in [0.5, 0.6) is 17.2 Å². The Kier molecular flexibility index (Phi) is 4.21. The maximum absolute atomic E-state index is 11.2. The molecule has 2 N–H and O–H groups in total. The smallest absolute Gasteiger partial charge is 0.123 e. The molecule has 30 heavy (non-hydrogen) atoms. The summed E-state index contributed by atoms with van der Waals surface area (Å²) in [5, 5.41) is 23.8. The lowest BCUT2D eigenvalue weighted by molar-refractivity contribution is 0.415. The van der Waals surface area contributed by atoms with Gasteiger partial charge in [-0.1, -0.05) is 37.3 Å². The van der Waals surface area contributed by atoms with Crippen LogP contribution in [-0.4, -0.2) is 17.3 Å². The minimum absolute atomic E-state index is 0.288. The van der Waals surface area contributed by atoms with Gasteiger partial charge in [-0.25, -0.2) is 0 Å². The van der Waals surface area contributed by atoms with Crippen molar-refractivity contribution in [2.24, 2.45) is 0 Å². The van der Waals surface area contributed by atoms with Gasteiger partial charge in [0.15, 0.2) is 0 Å². The lowest BCUT2D eigenvalue weighted by Crippen LogP contribution is -1.95. The number of phenols is 2. The highest BCUT2D eigenvalue weighted by atomic mass is 16.5. The second kappa shape index (κ2) is 6.81. The molecule has 1 aliphatic rings. The van der Waals surface area contributed by atoms with Crippen molar-refractivity contribution in [3.63, 3.8) is 0 Å². The van der Waals surface area contributed by atoms with Gasteiger partial charge in [-0.3, -0.25) is 0 Å². The number of aromatic hydroxyl groups is 2. The van der Waals surface area contributed by atoms with E-state index in [1.807, 2.05) is 18.2 Å². The van der Waals surface area contributed by atoms with Crippen LogP contribution in [0.4, 0.5) is 0 Å². The van der Waals surface area contributed by atoms with E-state index in [1.165, 1.54) is 0 Å². The van der Waals surface area contributed by atoms with Gasteiger partial charge in [0.05, 0.1) is 7.11 Å². The van der Waals surface area contributed by atoms with Crippen molar-refractivity contribution in [1.82, 2.24) is 0 Å². The number of rotatable bonds is 3. The van der Waals surface area contributed by atoms with Crippen molar-refractivity contribution in [3.05, 3.63) is 76.9 Å². The third kappa shape index (κ3) is 2.66. The Bertz CT molecular complexity index is 1320. The van der Waals surface area contributed by atoms with Crippen LogP contribution < -0.4 is 4.74 Å². The highest BCUT2D eigenvalue weighted by Gasteiger charge is 2.27. The molecule has 3 nitrogen and oxygen atoms in total. The zero-order valence-electron chi connectivity index (χ0n) is 17.4. The third-order valence-electron chi connectivity index (χ3n) is 6.25. The minimum Gasteiger partial charge on any atom is -0.508 e. The van der Waals surface area contributed by atoms with E-state index < -0.39 is 0 Å². The average Bonchev–Trinajstić information content (AvgIpc) is 3.13. The van der Waals surface area contributed by atoms with Crippen molar-refractivity contribution in [2.75, 3.05) is 7.11 Å². The first-order chi connectivity index (χ1) is 14.5. The van der Waals surface area contributed by atoms with Crippen molar-refractivity contribution in [2.45, 2.75) is 26.7 Å². The predicted octanol–water partition coefficient (Wildman–Crippen LogP) is 6.37. The average molecular weight is 396 g/mol. The topological polar surface area (TPSA) is 49.7 Å². The van der Waals surface area contributed by atoms with E-state index in [-0.39, 0.29) is 5.75 Å². The molecule has 4 aromatic carbocycles. The lowest BCUT2D eigenvalue weighted by Gasteiger charge is -2.17. The van der Waals surface area contributed by atoms with Gasteiger partial charge in [0.1, 0.15) is 17.2 Å². The summed E-state index contributed by atoms with van der Waals surface area (Å²) < 4.78 is 5.42. The van der Waals surface area contributed by atoms with Gasteiger partial charge in [0, 0.05) is 23.1 Å². The van der Waals surface area contributed by atoms with Crippen LogP contribution in [0.3, 0.4) is 0 Å². The summed E-state index contributed by atoms with van der Waals surface area (Å²) in [7, 11) is 1.68. The predicted molar refractivity (Wildman–Crippen MR) is 122 cm³/mol. The molecule has 0 saturated heterocycles. The Morgan fingerprint density at radius 2 is 1.70 bits per heavy atom. The second-order valence-electron chi connectivity index (χ2n) is 8.01. The van der Waals surface area contributed by atoms with Crippen LogP contribution in [0.2, 0.25) is 0 Å². The van der Waals surface area contributed by atoms with E-state index in [0.29, 0.717) is 12.2 Å². The third-order valence-corrected chi connectivity index (χ3v) is 6.25. The van der Waals surface area contributed by atoms with E-state index in [4.69, 9.17) is 4.74 Å². The van der Waals surface area contributed by atoms with Gasteiger partial charge < -0.3 is 14.9 Å².